The highest BCUT2D eigenvalue weighted by molar-refractivity contribution is 5.64. The van der Waals surface area contributed by atoms with Gasteiger partial charge < -0.3 is 0 Å². The zero-order chi connectivity index (χ0) is 8.81. The fourth-order valence-corrected chi connectivity index (χ4v) is 1.51. The maximum absolute atomic E-state index is 9.99. The molecule has 1 aliphatic rings. The van der Waals surface area contributed by atoms with E-state index < -0.39 is 0 Å². The van der Waals surface area contributed by atoms with Crippen LogP contribution in [-0.2, 0) is 4.79 Å². The van der Waals surface area contributed by atoms with Crippen molar-refractivity contribution in [2.45, 2.75) is 19.8 Å². The van der Waals surface area contributed by atoms with Crippen molar-refractivity contribution in [1.82, 2.24) is 4.90 Å². The van der Waals surface area contributed by atoms with E-state index in [1.54, 1.807) is 6.08 Å². The molecule has 2 nitrogen and oxygen atoms in total. The van der Waals surface area contributed by atoms with Crippen LogP contribution in [0.15, 0.2) is 12.2 Å². The zero-order valence-electron chi connectivity index (χ0n) is 7.70. The first-order valence-electron chi connectivity index (χ1n) is 4.65. The molecule has 0 aromatic carbocycles. The number of hydrogen-bond donors (Lipinski definition) is 0. The first-order valence-corrected chi connectivity index (χ1v) is 4.65. The van der Waals surface area contributed by atoms with Crippen molar-refractivity contribution >= 4 is 6.29 Å². The molecule has 12 heavy (non-hydrogen) atoms. The Morgan fingerprint density at radius 1 is 1.42 bits per heavy atom. The third-order valence-corrected chi connectivity index (χ3v) is 2.45. The van der Waals surface area contributed by atoms with Gasteiger partial charge >= 0.3 is 0 Å². The molecular weight excluding hydrogens is 150 g/mol. The van der Waals surface area contributed by atoms with Gasteiger partial charge in [0.2, 0.25) is 0 Å². The van der Waals surface area contributed by atoms with Gasteiger partial charge in [0, 0.05) is 6.54 Å². The average molecular weight is 167 g/mol. The molecule has 68 valence electrons. The molecule has 1 saturated heterocycles. The fraction of sp³-hybridized carbons (Fsp3) is 0.700. The first-order chi connectivity index (χ1) is 5.83. The second kappa shape index (κ2) is 5.09. The largest absolute Gasteiger partial charge is 0.300 e. The van der Waals surface area contributed by atoms with E-state index in [9.17, 15) is 4.79 Å². The lowest BCUT2D eigenvalue weighted by Gasteiger charge is -2.28. The van der Waals surface area contributed by atoms with Crippen LogP contribution in [0.4, 0.5) is 0 Å². The topological polar surface area (TPSA) is 20.3 Å². The van der Waals surface area contributed by atoms with Gasteiger partial charge in [-0.1, -0.05) is 13.0 Å². The molecule has 0 aromatic rings. The van der Waals surface area contributed by atoms with E-state index in [1.165, 1.54) is 25.9 Å². The molecule has 0 aromatic heterocycles. The molecule has 0 radical (unpaired) electrons. The lowest BCUT2D eigenvalue weighted by atomic mass is 9.99. The van der Waals surface area contributed by atoms with E-state index in [1.807, 2.05) is 6.08 Å². The van der Waals surface area contributed by atoms with Crippen LogP contribution in [0.5, 0.6) is 0 Å². The lowest BCUT2D eigenvalue weighted by Crippen LogP contribution is -2.32. The third-order valence-electron chi connectivity index (χ3n) is 2.45. The lowest BCUT2D eigenvalue weighted by molar-refractivity contribution is -0.104. The van der Waals surface area contributed by atoms with Crippen LogP contribution in [0.25, 0.3) is 0 Å². The van der Waals surface area contributed by atoms with Gasteiger partial charge in [-0.3, -0.25) is 9.69 Å². The second-order valence-corrected chi connectivity index (χ2v) is 3.55. The normalized spacial score (nSPS) is 21.8. The average Bonchev–Trinajstić information content (AvgIpc) is 2.09. The molecule has 0 spiro atoms. The van der Waals surface area contributed by atoms with Gasteiger partial charge in [-0.25, -0.2) is 0 Å². The fourth-order valence-electron chi connectivity index (χ4n) is 1.51. The van der Waals surface area contributed by atoms with E-state index >= 15 is 0 Å². The maximum Gasteiger partial charge on any atom is 0.142 e. The molecular formula is C10H17NO. The molecule has 1 heterocycles. The van der Waals surface area contributed by atoms with E-state index in [4.69, 9.17) is 0 Å². The number of hydrogen-bond acceptors (Lipinski definition) is 2. The van der Waals surface area contributed by atoms with E-state index in [0.717, 1.165) is 18.7 Å². The highest BCUT2D eigenvalue weighted by Gasteiger charge is 2.13. The van der Waals surface area contributed by atoms with Crippen molar-refractivity contribution in [3.63, 3.8) is 0 Å². The van der Waals surface area contributed by atoms with Gasteiger partial charge in [0.25, 0.3) is 0 Å². The van der Waals surface area contributed by atoms with Crippen molar-refractivity contribution in [2.75, 3.05) is 19.6 Å². The number of rotatable bonds is 3. The van der Waals surface area contributed by atoms with Gasteiger partial charge in [0.1, 0.15) is 6.29 Å². The van der Waals surface area contributed by atoms with Crippen LogP contribution in [0, 0.1) is 5.92 Å². The molecule has 0 N–H and O–H groups in total. The van der Waals surface area contributed by atoms with Crippen molar-refractivity contribution in [3.05, 3.63) is 12.2 Å². The minimum atomic E-state index is 0.840. The molecule has 0 unspecified atom stereocenters. The number of carbonyl (C=O) groups is 1. The summed E-state index contributed by atoms with van der Waals surface area (Å²) < 4.78 is 0. The van der Waals surface area contributed by atoms with Crippen molar-refractivity contribution in [2.24, 2.45) is 5.92 Å². The molecule has 0 saturated carbocycles. The molecule has 0 bridgehead atoms. The predicted molar refractivity (Wildman–Crippen MR) is 50.0 cm³/mol. The van der Waals surface area contributed by atoms with E-state index in [-0.39, 0.29) is 0 Å². The molecule has 0 amide bonds. The quantitative estimate of drug-likeness (QED) is 0.468. The Kier molecular flexibility index (Phi) is 4.01. The van der Waals surface area contributed by atoms with Gasteiger partial charge in [0.05, 0.1) is 0 Å². The van der Waals surface area contributed by atoms with Gasteiger partial charge in [0.15, 0.2) is 0 Å². The summed E-state index contributed by atoms with van der Waals surface area (Å²) in [5, 5.41) is 0. The summed E-state index contributed by atoms with van der Waals surface area (Å²) in [6, 6.07) is 0. The number of allylic oxidation sites excluding steroid dienone is 1. The summed E-state index contributed by atoms with van der Waals surface area (Å²) in [5.41, 5.74) is 0. The predicted octanol–water partition coefficient (Wildman–Crippen LogP) is 1.47. The van der Waals surface area contributed by atoms with E-state index in [0.29, 0.717) is 0 Å². The summed E-state index contributed by atoms with van der Waals surface area (Å²) >= 11 is 0. The Balaban J connectivity index is 2.17. The van der Waals surface area contributed by atoms with Crippen LogP contribution in [-0.4, -0.2) is 30.8 Å². The third kappa shape index (κ3) is 3.18. The maximum atomic E-state index is 9.99. The second-order valence-electron chi connectivity index (χ2n) is 3.55. The zero-order valence-corrected chi connectivity index (χ0v) is 7.70. The van der Waals surface area contributed by atoms with Crippen molar-refractivity contribution < 1.29 is 4.79 Å². The van der Waals surface area contributed by atoms with Crippen LogP contribution < -0.4 is 0 Å². The first kappa shape index (κ1) is 9.46. The van der Waals surface area contributed by atoms with Gasteiger partial charge in [-0.15, -0.1) is 0 Å². The molecule has 1 rings (SSSR count). The van der Waals surface area contributed by atoms with Gasteiger partial charge in [-0.05, 0) is 37.9 Å². The van der Waals surface area contributed by atoms with Crippen LogP contribution >= 0.6 is 0 Å². The minimum Gasteiger partial charge on any atom is -0.300 e. The minimum absolute atomic E-state index is 0.840. The Morgan fingerprint density at radius 2 is 2.08 bits per heavy atom. The Hall–Kier alpha value is -0.630. The van der Waals surface area contributed by atoms with Crippen LogP contribution in [0.2, 0.25) is 0 Å². The van der Waals surface area contributed by atoms with Crippen LogP contribution in [0.3, 0.4) is 0 Å². The Labute approximate surface area is 74.2 Å². The van der Waals surface area contributed by atoms with E-state index in [2.05, 4.69) is 11.8 Å². The molecule has 2 heteroatoms. The number of aldehydes is 1. The standard InChI is InChI=1S/C10H17NO/c1-10-4-7-11(8-5-10)6-2-3-9-12/h2-3,9-10H,4-8H2,1H3/b3-2+. The van der Waals surface area contributed by atoms with Gasteiger partial charge in [-0.2, -0.15) is 0 Å². The number of piperidine rings is 1. The summed E-state index contributed by atoms with van der Waals surface area (Å²) in [7, 11) is 0. The SMILES string of the molecule is CC1CCN(C/C=C/C=O)CC1. The molecule has 0 atom stereocenters. The Bertz CT molecular complexity index is 157. The monoisotopic (exact) mass is 167 g/mol. The number of carbonyl (C=O) groups excluding carboxylic acids is 1. The molecule has 1 aliphatic heterocycles. The molecule has 1 fully saturated rings. The Morgan fingerprint density at radius 3 is 2.67 bits per heavy atom. The smallest absolute Gasteiger partial charge is 0.142 e. The number of likely N-dealkylation sites (tertiary alicyclic amines) is 1. The number of nitrogens with zero attached hydrogens (tertiary/aromatic N) is 1. The summed E-state index contributed by atoms with van der Waals surface area (Å²) in [6.07, 6.45) is 6.96. The molecule has 0 aliphatic carbocycles. The van der Waals surface area contributed by atoms with Crippen LogP contribution in [0.1, 0.15) is 19.8 Å². The summed E-state index contributed by atoms with van der Waals surface area (Å²) in [5.74, 6) is 0.885. The highest BCUT2D eigenvalue weighted by Crippen LogP contribution is 2.15. The summed E-state index contributed by atoms with van der Waals surface area (Å²) in [4.78, 5) is 12.4. The van der Waals surface area contributed by atoms with Crippen molar-refractivity contribution in [3.8, 4) is 0 Å². The summed E-state index contributed by atoms with van der Waals surface area (Å²) in [6.45, 7) is 5.61. The van der Waals surface area contributed by atoms with Crippen molar-refractivity contribution in [1.29, 1.82) is 0 Å². The highest BCUT2D eigenvalue weighted by atomic mass is 16.1.